The van der Waals surface area contributed by atoms with Gasteiger partial charge in [-0.3, -0.25) is 10.1 Å². The van der Waals surface area contributed by atoms with E-state index in [9.17, 15) is 28.1 Å². The van der Waals surface area contributed by atoms with Gasteiger partial charge in [0.15, 0.2) is 0 Å². The quantitative estimate of drug-likeness (QED) is 0.484. The average Bonchev–Trinajstić information content (AvgIpc) is 2.52. The van der Waals surface area contributed by atoms with Crippen molar-refractivity contribution >= 4 is 11.7 Å². The number of non-ortho nitro benzene ring substituents is 1. The number of benzene rings is 2. The highest BCUT2D eigenvalue weighted by molar-refractivity contribution is 5.89. The molecule has 0 heterocycles. The van der Waals surface area contributed by atoms with Crippen molar-refractivity contribution in [2.45, 2.75) is 12.8 Å². The smallest absolute Gasteiger partial charge is 0.416 e. The normalized spacial score (nSPS) is 11.1. The van der Waals surface area contributed by atoms with Crippen LogP contribution in [0.15, 0.2) is 48.5 Å². The lowest BCUT2D eigenvalue weighted by Gasteiger charge is -2.08. The predicted octanol–water partition coefficient (Wildman–Crippen LogP) is 3.97. The Morgan fingerprint density at radius 3 is 2.09 bits per heavy atom. The van der Waals surface area contributed by atoms with Gasteiger partial charge in [0.05, 0.1) is 16.1 Å². The minimum atomic E-state index is -4.42. The van der Waals surface area contributed by atoms with E-state index in [2.05, 4.69) is 0 Å². The summed E-state index contributed by atoms with van der Waals surface area (Å²) < 4.78 is 42.2. The highest BCUT2D eigenvalue weighted by Gasteiger charge is 2.29. The van der Waals surface area contributed by atoms with Gasteiger partial charge in [-0.2, -0.15) is 13.2 Å². The molecule has 120 valence electrons. The van der Waals surface area contributed by atoms with Crippen molar-refractivity contribution in [3.8, 4) is 0 Å². The first-order valence-electron chi connectivity index (χ1n) is 6.35. The van der Waals surface area contributed by atoms with Gasteiger partial charge in [0.1, 0.15) is 6.61 Å². The van der Waals surface area contributed by atoms with Crippen molar-refractivity contribution in [2.24, 2.45) is 0 Å². The molecule has 0 saturated carbocycles. The third kappa shape index (κ3) is 4.29. The molecular formula is C15H10F3NO4. The number of hydrogen-bond donors (Lipinski definition) is 0. The summed E-state index contributed by atoms with van der Waals surface area (Å²) in [6.07, 6.45) is -4.42. The van der Waals surface area contributed by atoms with Crippen LogP contribution in [0.3, 0.4) is 0 Å². The largest absolute Gasteiger partial charge is 0.457 e. The third-order valence-corrected chi connectivity index (χ3v) is 2.97. The molecule has 0 aromatic heterocycles. The predicted molar refractivity (Wildman–Crippen MR) is 73.7 cm³/mol. The number of nitro groups is 1. The first-order valence-corrected chi connectivity index (χ1v) is 6.35. The maximum absolute atomic E-state index is 12.4. The number of alkyl halides is 3. The molecule has 2 aromatic rings. The summed E-state index contributed by atoms with van der Waals surface area (Å²) in [6.45, 7) is -0.200. The summed E-state index contributed by atoms with van der Waals surface area (Å²) in [7, 11) is 0. The molecule has 0 aliphatic carbocycles. The minimum absolute atomic E-state index is 0.113. The van der Waals surface area contributed by atoms with Crippen LogP contribution in [0.25, 0.3) is 0 Å². The van der Waals surface area contributed by atoms with Crippen molar-refractivity contribution < 1.29 is 27.6 Å². The van der Waals surface area contributed by atoms with Crippen molar-refractivity contribution in [3.63, 3.8) is 0 Å². The number of nitro benzene ring substituents is 1. The average molecular weight is 325 g/mol. The molecule has 2 rings (SSSR count). The van der Waals surface area contributed by atoms with Crippen LogP contribution in [0, 0.1) is 10.1 Å². The second-order valence-electron chi connectivity index (χ2n) is 4.57. The number of rotatable bonds is 4. The number of halogens is 3. The summed E-state index contributed by atoms with van der Waals surface area (Å²) in [5.41, 5.74) is -0.442. The van der Waals surface area contributed by atoms with Crippen molar-refractivity contribution in [3.05, 3.63) is 75.3 Å². The van der Waals surface area contributed by atoms with Crippen molar-refractivity contribution in [2.75, 3.05) is 0 Å². The first kappa shape index (κ1) is 16.5. The van der Waals surface area contributed by atoms with Crippen LogP contribution in [0.4, 0.5) is 18.9 Å². The lowest BCUT2D eigenvalue weighted by Crippen LogP contribution is -2.07. The molecule has 0 saturated heterocycles. The fourth-order valence-corrected chi connectivity index (χ4v) is 1.74. The Morgan fingerprint density at radius 1 is 1.04 bits per heavy atom. The minimum Gasteiger partial charge on any atom is -0.457 e. The summed E-state index contributed by atoms with van der Waals surface area (Å²) in [6, 6.07) is 9.03. The Balaban J connectivity index is 1.97. The summed E-state index contributed by atoms with van der Waals surface area (Å²) in [4.78, 5) is 21.7. The molecule has 0 N–H and O–H groups in total. The van der Waals surface area contributed by atoms with Gasteiger partial charge in [-0.25, -0.2) is 4.79 Å². The topological polar surface area (TPSA) is 69.4 Å². The molecule has 0 aliphatic rings. The van der Waals surface area contributed by atoms with E-state index in [1.54, 1.807) is 0 Å². The molecule has 0 radical (unpaired) electrons. The van der Waals surface area contributed by atoms with Crippen LogP contribution in [-0.2, 0) is 17.5 Å². The second-order valence-corrected chi connectivity index (χ2v) is 4.57. The van der Waals surface area contributed by atoms with Crippen molar-refractivity contribution in [1.82, 2.24) is 0 Å². The monoisotopic (exact) mass is 325 g/mol. The van der Waals surface area contributed by atoms with Gasteiger partial charge >= 0.3 is 12.1 Å². The van der Waals surface area contributed by atoms with E-state index in [0.717, 1.165) is 24.3 Å². The molecular weight excluding hydrogens is 315 g/mol. The Hall–Kier alpha value is -2.90. The van der Waals surface area contributed by atoms with Crippen LogP contribution in [0.1, 0.15) is 21.5 Å². The molecule has 5 nitrogen and oxygen atoms in total. The third-order valence-electron chi connectivity index (χ3n) is 2.97. The van der Waals surface area contributed by atoms with Gasteiger partial charge in [0, 0.05) is 12.1 Å². The van der Waals surface area contributed by atoms with Gasteiger partial charge in [0.2, 0.25) is 0 Å². The fourth-order valence-electron chi connectivity index (χ4n) is 1.74. The SMILES string of the molecule is O=C(OCc1ccc(C(F)(F)F)cc1)c1ccc([N+](=O)[O-])cc1. The van der Waals surface area contributed by atoms with Crippen molar-refractivity contribution in [1.29, 1.82) is 0 Å². The van der Waals surface area contributed by atoms with Crippen LogP contribution in [0.2, 0.25) is 0 Å². The molecule has 0 atom stereocenters. The van der Waals surface area contributed by atoms with E-state index in [0.29, 0.717) is 5.56 Å². The molecule has 0 aliphatic heterocycles. The molecule has 0 bridgehead atoms. The molecule has 8 heteroatoms. The number of carbonyl (C=O) groups excluding carboxylic acids is 1. The zero-order valence-electron chi connectivity index (χ0n) is 11.5. The van der Waals surface area contributed by atoms with Gasteiger partial charge in [-0.1, -0.05) is 12.1 Å². The summed E-state index contributed by atoms with van der Waals surface area (Å²) in [5, 5.41) is 10.5. The number of ether oxygens (including phenoxy) is 1. The van der Waals surface area contributed by atoms with Gasteiger partial charge in [-0.05, 0) is 29.8 Å². The molecule has 0 fully saturated rings. The summed E-state index contributed by atoms with van der Waals surface area (Å²) in [5.74, 6) is -0.722. The van der Waals surface area contributed by atoms with E-state index >= 15 is 0 Å². The fraction of sp³-hybridized carbons (Fsp3) is 0.133. The second kappa shape index (κ2) is 6.47. The molecule has 23 heavy (non-hydrogen) atoms. The van der Waals surface area contributed by atoms with Gasteiger partial charge in [-0.15, -0.1) is 0 Å². The lowest BCUT2D eigenvalue weighted by molar-refractivity contribution is -0.384. The lowest BCUT2D eigenvalue weighted by atomic mass is 10.1. The maximum atomic E-state index is 12.4. The maximum Gasteiger partial charge on any atom is 0.416 e. The van der Waals surface area contributed by atoms with E-state index in [4.69, 9.17) is 4.74 Å². The molecule has 2 aromatic carbocycles. The standard InChI is InChI=1S/C15H10F3NO4/c16-15(17,18)12-5-1-10(2-6-12)9-23-14(20)11-3-7-13(8-4-11)19(21)22/h1-8H,9H2. The Bertz CT molecular complexity index is 709. The Morgan fingerprint density at radius 2 is 1.61 bits per heavy atom. The van der Waals surface area contributed by atoms with Crippen LogP contribution in [0.5, 0.6) is 0 Å². The van der Waals surface area contributed by atoms with E-state index in [-0.39, 0.29) is 17.9 Å². The first-order chi connectivity index (χ1) is 10.8. The number of esters is 1. The molecule has 0 unspecified atom stereocenters. The van der Waals surface area contributed by atoms with Crippen LogP contribution < -0.4 is 0 Å². The number of carbonyl (C=O) groups is 1. The number of hydrogen-bond acceptors (Lipinski definition) is 4. The Labute approximate surface area is 128 Å². The zero-order chi connectivity index (χ0) is 17.0. The van der Waals surface area contributed by atoms with Crippen LogP contribution in [-0.4, -0.2) is 10.9 Å². The van der Waals surface area contributed by atoms with Gasteiger partial charge < -0.3 is 4.74 Å². The zero-order valence-corrected chi connectivity index (χ0v) is 11.5. The van der Waals surface area contributed by atoms with E-state index in [1.165, 1.54) is 24.3 Å². The van der Waals surface area contributed by atoms with Gasteiger partial charge in [0.25, 0.3) is 5.69 Å². The Kier molecular flexibility index (Phi) is 4.63. The van der Waals surface area contributed by atoms with Crippen LogP contribution >= 0.6 is 0 Å². The highest BCUT2D eigenvalue weighted by atomic mass is 19.4. The molecule has 0 amide bonds. The number of nitrogens with zero attached hydrogens (tertiary/aromatic N) is 1. The van der Waals surface area contributed by atoms with E-state index < -0.39 is 22.6 Å². The molecule has 0 spiro atoms. The summed E-state index contributed by atoms with van der Waals surface area (Å²) >= 11 is 0. The highest BCUT2D eigenvalue weighted by Crippen LogP contribution is 2.29. The van der Waals surface area contributed by atoms with E-state index in [1.807, 2.05) is 0 Å².